The van der Waals surface area contributed by atoms with Crippen LogP contribution in [0, 0.1) is 26.2 Å². The van der Waals surface area contributed by atoms with Crippen molar-refractivity contribution in [2.45, 2.75) is 48.0 Å². The van der Waals surface area contributed by atoms with Gasteiger partial charge in [-0.2, -0.15) is 0 Å². The van der Waals surface area contributed by atoms with Crippen molar-refractivity contribution in [3.05, 3.63) is 112 Å². The first-order valence-electron chi connectivity index (χ1n) is 11.4. The van der Waals surface area contributed by atoms with Crippen LogP contribution in [0.25, 0.3) is 0 Å². The zero-order chi connectivity index (χ0) is 22.2. The van der Waals surface area contributed by atoms with E-state index in [4.69, 9.17) is 0 Å². The van der Waals surface area contributed by atoms with Crippen LogP contribution in [0.15, 0.2) is 95.7 Å². The van der Waals surface area contributed by atoms with Gasteiger partial charge in [0.15, 0.2) is 8.07 Å². The molecule has 158 valence electrons. The van der Waals surface area contributed by atoms with Gasteiger partial charge in [0.05, 0.1) is 0 Å². The number of benzene rings is 3. The van der Waals surface area contributed by atoms with Crippen LogP contribution in [0.4, 0.5) is 0 Å². The first kappa shape index (κ1) is 21.6. The molecule has 0 saturated heterocycles. The Morgan fingerprint density at radius 2 is 1.03 bits per heavy atom. The molecule has 0 heterocycles. The summed E-state index contributed by atoms with van der Waals surface area (Å²) in [7, 11) is -2.46. The van der Waals surface area contributed by atoms with E-state index in [1.807, 2.05) is 0 Å². The molecule has 1 heteroatoms. The van der Waals surface area contributed by atoms with Gasteiger partial charge < -0.3 is 0 Å². The summed E-state index contributed by atoms with van der Waals surface area (Å²) in [6.45, 7) is 13.7. The molecular formula is C30H34Si. The molecule has 0 nitrogen and oxygen atoms in total. The number of hydrogen-bond donors (Lipinski definition) is 0. The van der Waals surface area contributed by atoms with Crippen molar-refractivity contribution in [2.24, 2.45) is 5.41 Å². The number of rotatable bonds is 4. The van der Waals surface area contributed by atoms with E-state index < -0.39 is 8.07 Å². The summed E-state index contributed by atoms with van der Waals surface area (Å²) in [6, 6.07) is 27.9. The van der Waals surface area contributed by atoms with Gasteiger partial charge in [-0.3, -0.25) is 0 Å². The molecule has 4 rings (SSSR count). The topological polar surface area (TPSA) is 0 Å². The number of hydrogen-bond acceptors (Lipinski definition) is 0. The van der Waals surface area contributed by atoms with Crippen molar-refractivity contribution in [2.75, 3.05) is 0 Å². The minimum atomic E-state index is -2.46. The summed E-state index contributed by atoms with van der Waals surface area (Å²) >= 11 is 0. The molecule has 3 aromatic rings. The van der Waals surface area contributed by atoms with Crippen molar-refractivity contribution in [3.8, 4) is 0 Å². The fourth-order valence-corrected chi connectivity index (χ4v) is 10.8. The lowest BCUT2D eigenvalue weighted by Crippen LogP contribution is -2.69. The van der Waals surface area contributed by atoms with Gasteiger partial charge in [0.2, 0.25) is 0 Å². The fourth-order valence-electron chi connectivity index (χ4n) is 5.18. The van der Waals surface area contributed by atoms with Crippen molar-refractivity contribution < 1.29 is 0 Å². The molecular weight excluding hydrogens is 388 g/mol. The SMILES string of the molecule is Cc1cccc([Si](C2=CCC=C2C(C)(C)C)(c2cccc(C)c2)c2cccc(C)c2)c1. The summed E-state index contributed by atoms with van der Waals surface area (Å²) in [6.07, 6.45) is 6.03. The maximum Gasteiger partial charge on any atom is 0.179 e. The summed E-state index contributed by atoms with van der Waals surface area (Å²) in [4.78, 5) is 0. The summed E-state index contributed by atoms with van der Waals surface area (Å²) in [5, 5.41) is 6.01. The molecule has 0 aliphatic heterocycles. The predicted octanol–water partition coefficient (Wildman–Crippen LogP) is 5.92. The molecule has 0 aromatic heterocycles. The van der Waals surface area contributed by atoms with Crippen LogP contribution < -0.4 is 15.6 Å². The Hall–Kier alpha value is -2.64. The molecule has 1 aliphatic rings. The molecule has 0 spiro atoms. The fraction of sp³-hybridized carbons (Fsp3) is 0.267. The molecule has 31 heavy (non-hydrogen) atoms. The van der Waals surface area contributed by atoms with Gasteiger partial charge >= 0.3 is 0 Å². The third-order valence-corrected chi connectivity index (χ3v) is 11.3. The van der Waals surface area contributed by atoms with Crippen LogP contribution in [0.1, 0.15) is 43.9 Å². The standard InChI is InChI=1S/C30H34Si/c1-22-11-7-14-25(19-22)31(26-15-8-12-23(2)20-26,27-16-9-13-24(3)21-27)29-18-10-17-28(29)30(4,5)6/h7-9,11-21H,10H2,1-6H3. The first-order valence-corrected chi connectivity index (χ1v) is 13.4. The van der Waals surface area contributed by atoms with Gasteiger partial charge in [-0.05, 0) is 58.9 Å². The lowest BCUT2D eigenvalue weighted by molar-refractivity contribution is 0.515. The van der Waals surface area contributed by atoms with E-state index in [9.17, 15) is 0 Å². The molecule has 0 bridgehead atoms. The molecule has 0 radical (unpaired) electrons. The van der Waals surface area contributed by atoms with E-state index in [0.29, 0.717) is 0 Å². The third-order valence-electron chi connectivity index (χ3n) is 6.50. The Kier molecular flexibility index (Phi) is 5.66. The Balaban J connectivity index is 2.16. The average molecular weight is 423 g/mol. The third kappa shape index (κ3) is 3.88. The summed E-state index contributed by atoms with van der Waals surface area (Å²) in [5.74, 6) is 0. The second kappa shape index (κ2) is 8.13. The highest BCUT2D eigenvalue weighted by molar-refractivity contribution is 7.16. The first-order chi connectivity index (χ1) is 14.7. The van der Waals surface area contributed by atoms with Crippen LogP contribution in [-0.2, 0) is 0 Å². The van der Waals surface area contributed by atoms with Crippen LogP contribution in [0.2, 0.25) is 0 Å². The van der Waals surface area contributed by atoms with Gasteiger partial charge in [-0.25, -0.2) is 0 Å². The van der Waals surface area contributed by atoms with E-state index >= 15 is 0 Å². The second-order valence-electron chi connectivity index (χ2n) is 10.1. The van der Waals surface area contributed by atoms with Gasteiger partial charge in [0.1, 0.15) is 0 Å². The van der Waals surface area contributed by atoms with Crippen LogP contribution in [0.3, 0.4) is 0 Å². The summed E-state index contributed by atoms with van der Waals surface area (Å²) in [5.41, 5.74) is 5.61. The highest BCUT2D eigenvalue weighted by atomic mass is 28.3. The Morgan fingerprint density at radius 3 is 1.39 bits per heavy atom. The van der Waals surface area contributed by atoms with E-state index in [0.717, 1.165) is 6.42 Å². The number of aryl methyl sites for hydroxylation is 3. The van der Waals surface area contributed by atoms with Crippen molar-refractivity contribution in [3.63, 3.8) is 0 Å². The molecule has 0 saturated carbocycles. The quantitative estimate of drug-likeness (QED) is 0.361. The lowest BCUT2D eigenvalue weighted by atomic mass is 9.87. The zero-order valence-corrected chi connectivity index (χ0v) is 20.8. The molecule has 0 atom stereocenters. The Morgan fingerprint density at radius 1 is 0.613 bits per heavy atom. The highest BCUT2D eigenvalue weighted by Crippen LogP contribution is 2.39. The molecule has 0 amide bonds. The van der Waals surface area contributed by atoms with Crippen molar-refractivity contribution in [1.82, 2.24) is 0 Å². The summed E-state index contributed by atoms with van der Waals surface area (Å²) < 4.78 is 0. The molecule has 1 aliphatic carbocycles. The normalized spacial score (nSPS) is 14.4. The van der Waals surface area contributed by atoms with Crippen molar-refractivity contribution in [1.29, 1.82) is 0 Å². The molecule has 3 aromatic carbocycles. The van der Waals surface area contributed by atoms with Gasteiger partial charge in [0, 0.05) is 0 Å². The van der Waals surface area contributed by atoms with E-state index in [-0.39, 0.29) is 5.41 Å². The van der Waals surface area contributed by atoms with Gasteiger partial charge in [-0.1, -0.05) is 122 Å². The maximum absolute atomic E-state index is 2.53. The van der Waals surface area contributed by atoms with E-state index in [2.05, 4.69) is 126 Å². The van der Waals surface area contributed by atoms with Crippen LogP contribution >= 0.6 is 0 Å². The minimum absolute atomic E-state index is 0.109. The Bertz CT molecular complexity index is 1060. The minimum Gasteiger partial charge on any atom is -0.0801 e. The van der Waals surface area contributed by atoms with E-state index in [1.165, 1.54) is 37.8 Å². The molecule has 0 unspecified atom stereocenters. The molecule has 0 N–H and O–H groups in total. The average Bonchev–Trinajstić information content (AvgIpc) is 3.20. The van der Waals surface area contributed by atoms with Gasteiger partial charge in [-0.15, -0.1) is 0 Å². The monoisotopic (exact) mass is 422 g/mol. The van der Waals surface area contributed by atoms with Crippen molar-refractivity contribution >= 4 is 23.6 Å². The van der Waals surface area contributed by atoms with Gasteiger partial charge in [0.25, 0.3) is 0 Å². The largest absolute Gasteiger partial charge is 0.179 e. The van der Waals surface area contributed by atoms with Crippen LogP contribution in [-0.4, -0.2) is 8.07 Å². The second-order valence-corrected chi connectivity index (χ2v) is 13.9. The Labute approximate surface area is 189 Å². The smallest absolute Gasteiger partial charge is 0.0801 e. The van der Waals surface area contributed by atoms with E-state index in [1.54, 1.807) is 5.20 Å². The highest BCUT2D eigenvalue weighted by Gasteiger charge is 2.46. The lowest BCUT2D eigenvalue weighted by Gasteiger charge is -2.40. The predicted molar refractivity (Wildman–Crippen MR) is 138 cm³/mol. The molecule has 0 fully saturated rings. The maximum atomic E-state index is 2.53. The number of allylic oxidation sites excluding steroid dienone is 4. The zero-order valence-electron chi connectivity index (χ0n) is 19.8. The van der Waals surface area contributed by atoms with Crippen LogP contribution in [0.5, 0.6) is 0 Å².